The van der Waals surface area contributed by atoms with Crippen LogP contribution in [0.3, 0.4) is 0 Å². The molecule has 0 saturated carbocycles. The molecule has 7 heteroatoms. The van der Waals surface area contributed by atoms with Crippen molar-refractivity contribution < 1.29 is 8.42 Å². The molecule has 0 atom stereocenters. The van der Waals surface area contributed by atoms with E-state index in [4.69, 9.17) is 0 Å². The first-order chi connectivity index (χ1) is 8.94. The van der Waals surface area contributed by atoms with Gasteiger partial charge in [0.05, 0.1) is 17.1 Å². The molecule has 0 bridgehead atoms. The van der Waals surface area contributed by atoms with Gasteiger partial charge in [-0.15, -0.1) is 0 Å². The topological polar surface area (TPSA) is 76.0 Å². The Hall–Kier alpha value is -1.86. The zero-order valence-electron chi connectivity index (χ0n) is 11.0. The Morgan fingerprint density at radius 1 is 1.21 bits per heavy atom. The number of aromatic nitrogens is 2. The number of nitrogens with zero attached hydrogens (tertiary/aromatic N) is 2. The first kappa shape index (κ1) is 13.6. The van der Waals surface area contributed by atoms with Crippen LogP contribution < -0.4 is 10.0 Å². The predicted octanol–water partition coefficient (Wildman–Crippen LogP) is 1.38. The van der Waals surface area contributed by atoms with E-state index in [9.17, 15) is 8.42 Å². The number of nitrogens with one attached hydrogen (secondary N) is 2. The fourth-order valence-electron chi connectivity index (χ4n) is 1.78. The Kier molecular flexibility index (Phi) is 3.59. The minimum absolute atomic E-state index is 0.209. The standard InChI is InChI=1S/C12H16N4O2S/c1-9-11(8-16(3)15-9)14-10-6-4-5-7-12(10)19(17,18)13-2/h4-8,13-14H,1-3H3. The van der Waals surface area contributed by atoms with Crippen LogP contribution in [0, 0.1) is 6.92 Å². The van der Waals surface area contributed by atoms with Gasteiger partial charge in [-0.05, 0) is 26.1 Å². The SMILES string of the molecule is CNS(=O)(=O)c1ccccc1Nc1cn(C)nc1C. The second-order valence-corrected chi connectivity index (χ2v) is 5.99. The monoisotopic (exact) mass is 280 g/mol. The van der Waals surface area contributed by atoms with Crippen molar-refractivity contribution in [1.82, 2.24) is 14.5 Å². The Morgan fingerprint density at radius 2 is 1.89 bits per heavy atom. The van der Waals surface area contributed by atoms with Gasteiger partial charge < -0.3 is 5.32 Å². The van der Waals surface area contributed by atoms with Gasteiger partial charge in [-0.2, -0.15) is 5.10 Å². The van der Waals surface area contributed by atoms with Crippen LogP contribution in [0.4, 0.5) is 11.4 Å². The molecule has 1 aromatic carbocycles. The molecule has 0 aliphatic heterocycles. The molecule has 1 heterocycles. The molecule has 0 amide bonds. The highest BCUT2D eigenvalue weighted by Gasteiger charge is 2.16. The highest BCUT2D eigenvalue weighted by Crippen LogP contribution is 2.25. The molecule has 1 aromatic heterocycles. The number of hydrogen-bond acceptors (Lipinski definition) is 4. The van der Waals surface area contributed by atoms with Crippen molar-refractivity contribution in [3.05, 3.63) is 36.2 Å². The highest BCUT2D eigenvalue weighted by molar-refractivity contribution is 7.89. The number of hydrogen-bond donors (Lipinski definition) is 2. The molecule has 0 aliphatic carbocycles. The summed E-state index contributed by atoms with van der Waals surface area (Å²) in [6.45, 7) is 1.86. The van der Waals surface area contributed by atoms with Gasteiger partial charge in [0.25, 0.3) is 0 Å². The second-order valence-electron chi connectivity index (χ2n) is 4.13. The molecule has 0 aliphatic rings. The summed E-state index contributed by atoms with van der Waals surface area (Å²) >= 11 is 0. The number of rotatable bonds is 4. The molecule has 0 saturated heterocycles. The van der Waals surface area contributed by atoms with E-state index >= 15 is 0 Å². The lowest BCUT2D eigenvalue weighted by Gasteiger charge is -2.11. The number of anilines is 2. The third-order valence-electron chi connectivity index (χ3n) is 2.73. The van der Waals surface area contributed by atoms with E-state index in [1.165, 1.54) is 7.05 Å². The average Bonchev–Trinajstić information content (AvgIpc) is 2.68. The summed E-state index contributed by atoms with van der Waals surface area (Å²) in [5.41, 5.74) is 2.10. The molecule has 102 valence electrons. The van der Waals surface area contributed by atoms with Gasteiger partial charge in [-0.3, -0.25) is 4.68 Å². The van der Waals surface area contributed by atoms with E-state index in [0.29, 0.717) is 5.69 Å². The van der Waals surface area contributed by atoms with Crippen LogP contribution >= 0.6 is 0 Å². The van der Waals surface area contributed by atoms with Gasteiger partial charge in [0.15, 0.2) is 0 Å². The lowest BCUT2D eigenvalue weighted by atomic mass is 10.3. The van der Waals surface area contributed by atoms with Crippen molar-refractivity contribution in [1.29, 1.82) is 0 Å². The van der Waals surface area contributed by atoms with Crippen LogP contribution in [0.5, 0.6) is 0 Å². The number of aryl methyl sites for hydroxylation is 2. The Morgan fingerprint density at radius 3 is 2.47 bits per heavy atom. The van der Waals surface area contributed by atoms with Crippen molar-refractivity contribution in [2.24, 2.45) is 7.05 Å². The highest BCUT2D eigenvalue weighted by atomic mass is 32.2. The first-order valence-corrected chi connectivity index (χ1v) is 7.22. The second kappa shape index (κ2) is 5.02. The van der Waals surface area contributed by atoms with Crippen LogP contribution in [0.1, 0.15) is 5.69 Å². The lowest BCUT2D eigenvalue weighted by Crippen LogP contribution is -2.19. The largest absolute Gasteiger partial charge is 0.352 e. The summed E-state index contributed by atoms with van der Waals surface area (Å²) in [5.74, 6) is 0. The van der Waals surface area contributed by atoms with E-state index in [0.717, 1.165) is 11.4 Å². The summed E-state index contributed by atoms with van der Waals surface area (Å²) in [4.78, 5) is 0.209. The maximum atomic E-state index is 11.9. The molecular formula is C12H16N4O2S. The normalized spacial score (nSPS) is 11.5. The predicted molar refractivity (Wildman–Crippen MR) is 73.9 cm³/mol. The summed E-state index contributed by atoms with van der Waals surface area (Å²) in [7, 11) is -0.290. The van der Waals surface area contributed by atoms with Gasteiger partial charge in [0.1, 0.15) is 4.90 Å². The van der Waals surface area contributed by atoms with Gasteiger partial charge in [-0.1, -0.05) is 12.1 Å². The van der Waals surface area contributed by atoms with Crippen LogP contribution in [0.2, 0.25) is 0 Å². The summed E-state index contributed by atoms with van der Waals surface area (Å²) in [5, 5.41) is 7.31. The van der Waals surface area contributed by atoms with Crippen molar-refractivity contribution in [3.63, 3.8) is 0 Å². The van der Waals surface area contributed by atoms with E-state index in [1.54, 1.807) is 35.1 Å². The third-order valence-corrected chi connectivity index (χ3v) is 4.20. The van der Waals surface area contributed by atoms with Gasteiger partial charge in [-0.25, -0.2) is 13.1 Å². The molecule has 0 spiro atoms. The smallest absolute Gasteiger partial charge is 0.242 e. The summed E-state index contributed by atoms with van der Waals surface area (Å²) in [6, 6.07) is 6.74. The quantitative estimate of drug-likeness (QED) is 0.887. The Balaban J connectivity index is 2.44. The van der Waals surface area contributed by atoms with Crippen LogP contribution in [0.25, 0.3) is 0 Å². The maximum Gasteiger partial charge on any atom is 0.242 e. The zero-order valence-corrected chi connectivity index (χ0v) is 11.8. The number of sulfonamides is 1. The molecule has 2 rings (SSSR count). The number of benzene rings is 1. The van der Waals surface area contributed by atoms with Crippen molar-refractivity contribution in [2.45, 2.75) is 11.8 Å². The first-order valence-electron chi connectivity index (χ1n) is 5.74. The molecule has 19 heavy (non-hydrogen) atoms. The fraction of sp³-hybridized carbons (Fsp3) is 0.250. The molecule has 6 nitrogen and oxygen atoms in total. The van der Waals surface area contributed by atoms with Crippen molar-refractivity contribution in [2.75, 3.05) is 12.4 Å². The Bertz CT molecular complexity index is 692. The third kappa shape index (κ3) is 2.77. The van der Waals surface area contributed by atoms with Gasteiger partial charge >= 0.3 is 0 Å². The van der Waals surface area contributed by atoms with E-state index in [1.807, 2.05) is 14.0 Å². The molecule has 0 fully saturated rings. The molecule has 2 N–H and O–H groups in total. The minimum atomic E-state index is -3.49. The van der Waals surface area contributed by atoms with Crippen LogP contribution in [-0.2, 0) is 17.1 Å². The molecule has 0 unspecified atom stereocenters. The van der Waals surface area contributed by atoms with E-state index in [-0.39, 0.29) is 4.90 Å². The maximum absolute atomic E-state index is 11.9. The van der Waals surface area contributed by atoms with Crippen molar-refractivity contribution in [3.8, 4) is 0 Å². The number of para-hydroxylation sites is 1. The van der Waals surface area contributed by atoms with E-state index < -0.39 is 10.0 Å². The summed E-state index contributed by atoms with van der Waals surface area (Å²) < 4.78 is 27.8. The van der Waals surface area contributed by atoms with E-state index in [2.05, 4.69) is 15.1 Å². The van der Waals surface area contributed by atoms with Crippen molar-refractivity contribution >= 4 is 21.4 Å². The van der Waals surface area contributed by atoms with Crippen LogP contribution in [0.15, 0.2) is 35.4 Å². The minimum Gasteiger partial charge on any atom is -0.352 e. The average molecular weight is 280 g/mol. The van der Waals surface area contributed by atoms with Crippen LogP contribution in [-0.4, -0.2) is 25.2 Å². The summed E-state index contributed by atoms with van der Waals surface area (Å²) in [6.07, 6.45) is 1.80. The zero-order chi connectivity index (χ0) is 14.0. The van der Waals surface area contributed by atoms with Gasteiger partial charge in [0, 0.05) is 13.2 Å². The molecule has 0 radical (unpaired) electrons. The molecular weight excluding hydrogens is 264 g/mol. The lowest BCUT2D eigenvalue weighted by molar-refractivity contribution is 0.588. The molecule has 2 aromatic rings. The van der Waals surface area contributed by atoms with Gasteiger partial charge in [0.2, 0.25) is 10.0 Å². The Labute approximate surface area is 112 Å². The fourth-order valence-corrected chi connectivity index (χ4v) is 2.67.